The fourth-order valence-electron chi connectivity index (χ4n) is 3.59. The maximum Gasteiger partial charge on any atom is 0.337 e. The second-order valence-electron chi connectivity index (χ2n) is 7.88. The van der Waals surface area contributed by atoms with E-state index in [0.29, 0.717) is 12.4 Å². The van der Waals surface area contributed by atoms with Crippen LogP contribution in [-0.4, -0.2) is 40.8 Å². The lowest BCUT2D eigenvalue weighted by molar-refractivity contribution is 0.237. The Bertz CT molecular complexity index is 1200. The maximum atomic E-state index is 13.0. The van der Waals surface area contributed by atoms with Gasteiger partial charge in [-0.2, -0.15) is 0 Å². The zero-order chi connectivity index (χ0) is 23.0. The number of hydrogen-bond acceptors (Lipinski definition) is 4. The average molecular weight is 444 g/mol. The molecule has 6 nitrogen and oxygen atoms in total. The second kappa shape index (κ2) is 10.7. The molecule has 6 heteroatoms. The molecule has 0 fully saturated rings. The molecule has 0 unspecified atom stereocenters. The van der Waals surface area contributed by atoms with E-state index < -0.39 is 0 Å². The molecule has 4 rings (SSSR count). The molecule has 4 aromatic rings. The predicted molar refractivity (Wildman–Crippen MR) is 131 cm³/mol. The van der Waals surface area contributed by atoms with Crippen LogP contribution >= 0.6 is 0 Å². The van der Waals surface area contributed by atoms with Crippen molar-refractivity contribution in [3.8, 4) is 28.6 Å². The smallest absolute Gasteiger partial charge is 0.337 e. The van der Waals surface area contributed by atoms with Crippen molar-refractivity contribution in [3.63, 3.8) is 0 Å². The Hall–Kier alpha value is -3.77. The van der Waals surface area contributed by atoms with E-state index in [9.17, 15) is 4.79 Å². The number of imidazole rings is 1. The third kappa shape index (κ3) is 5.73. The van der Waals surface area contributed by atoms with E-state index >= 15 is 0 Å². The molecule has 0 saturated heterocycles. The summed E-state index contributed by atoms with van der Waals surface area (Å²) in [5.41, 5.74) is 1.43. The van der Waals surface area contributed by atoms with E-state index in [1.807, 2.05) is 78.9 Å². The number of ether oxygens (including phenoxy) is 2. The molecule has 0 N–H and O–H groups in total. The van der Waals surface area contributed by atoms with E-state index in [-0.39, 0.29) is 5.69 Å². The van der Waals surface area contributed by atoms with Crippen molar-refractivity contribution in [3.05, 3.63) is 102 Å². The molecule has 170 valence electrons. The van der Waals surface area contributed by atoms with Crippen LogP contribution in [0, 0.1) is 0 Å². The van der Waals surface area contributed by atoms with Crippen LogP contribution in [0.3, 0.4) is 0 Å². The van der Waals surface area contributed by atoms with E-state index in [0.717, 1.165) is 42.4 Å². The number of para-hydroxylation sites is 1. The van der Waals surface area contributed by atoms with Crippen LogP contribution in [0.4, 0.5) is 0 Å². The van der Waals surface area contributed by atoms with Gasteiger partial charge in [0.1, 0.15) is 23.9 Å². The highest BCUT2D eigenvalue weighted by Gasteiger charge is 2.08. The molecule has 0 spiro atoms. The molecule has 33 heavy (non-hydrogen) atoms. The summed E-state index contributed by atoms with van der Waals surface area (Å²) in [4.78, 5) is 15.2. The van der Waals surface area contributed by atoms with Crippen LogP contribution in [0.1, 0.15) is 13.3 Å². The monoisotopic (exact) mass is 443 g/mol. The Labute approximate surface area is 194 Å². The van der Waals surface area contributed by atoms with Gasteiger partial charge in [0, 0.05) is 18.9 Å². The van der Waals surface area contributed by atoms with Gasteiger partial charge >= 0.3 is 5.69 Å². The van der Waals surface area contributed by atoms with Gasteiger partial charge in [-0.05, 0) is 80.7 Å². The summed E-state index contributed by atoms with van der Waals surface area (Å²) in [7, 11) is 2.09. The first kappa shape index (κ1) is 22.4. The summed E-state index contributed by atoms with van der Waals surface area (Å²) in [5, 5.41) is 0. The van der Waals surface area contributed by atoms with Crippen LogP contribution in [0.2, 0.25) is 0 Å². The summed E-state index contributed by atoms with van der Waals surface area (Å²) in [6.45, 7) is 4.75. The molecule has 0 aliphatic rings. The summed E-state index contributed by atoms with van der Waals surface area (Å²) >= 11 is 0. The first-order valence-corrected chi connectivity index (χ1v) is 11.2. The van der Waals surface area contributed by atoms with Gasteiger partial charge in [0.25, 0.3) is 0 Å². The minimum Gasteiger partial charge on any atom is -0.492 e. The van der Waals surface area contributed by atoms with E-state index in [1.54, 1.807) is 21.5 Å². The summed E-state index contributed by atoms with van der Waals surface area (Å²) < 4.78 is 14.9. The fourth-order valence-corrected chi connectivity index (χ4v) is 3.59. The van der Waals surface area contributed by atoms with Crippen molar-refractivity contribution in [2.24, 2.45) is 0 Å². The molecule has 0 saturated carbocycles. The van der Waals surface area contributed by atoms with E-state index in [4.69, 9.17) is 9.47 Å². The molecule has 0 bridgehead atoms. The normalized spacial score (nSPS) is 11.0. The number of aromatic nitrogens is 2. The van der Waals surface area contributed by atoms with Gasteiger partial charge in [-0.3, -0.25) is 9.13 Å². The lowest BCUT2D eigenvalue weighted by Gasteiger charge is -2.15. The van der Waals surface area contributed by atoms with Gasteiger partial charge in [0.05, 0.1) is 11.4 Å². The standard InChI is InChI=1S/C27H29N3O3/c1-3-17-28(2)20-21-32-24-13-9-22(10-14-24)29-18-19-30(27(29)31)23-11-15-26(16-12-23)33-25-7-5-4-6-8-25/h4-16,18-19H,3,17,20-21H2,1-2H3. The number of likely N-dealkylation sites (N-methyl/N-ethyl adjacent to an activating group) is 1. The summed E-state index contributed by atoms with van der Waals surface area (Å²) in [6, 6.07) is 24.7. The third-order valence-electron chi connectivity index (χ3n) is 5.33. The average Bonchev–Trinajstić information content (AvgIpc) is 3.22. The van der Waals surface area contributed by atoms with Crippen molar-refractivity contribution < 1.29 is 9.47 Å². The van der Waals surface area contributed by atoms with Crippen LogP contribution in [-0.2, 0) is 0 Å². The highest BCUT2D eigenvalue weighted by molar-refractivity contribution is 5.41. The maximum absolute atomic E-state index is 13.0. The van der Waals surface area contributed by atoms with Gasteiger partial charge < -0.3 is 14.4 Å². The van der Waals surface area contributed by atoms with Crippen molar-refractivity contribution in [1.29, 1.82) is 0 Å². The number of benzene rings is 3. The van der Waals surface area contributed by atoms with E-state index in [2.05, 4.69) is 18.9 Å². The molecule has 3 aromatic carbocycles. The molecule has 0 aliphatic heterocycles. The summed E-state index contributed by atoms with van der Waals surface area (Å²) in [5.74, 6) is 2.29. The number of nitrogens with zero attached hydrogens (tertiary/aromatic N) is 3. The van der Waals surface area contributed by atoms with Gasteiger partial charge in [0.15, 0.2) is 0 Å². The SMILES string of the molecule is CCCN(C)CCOc1ccc(-n2ccn(-c3ccc(Oc4ccccc4)cc3)c2=O)cc1. The van der Waals surface area contributed by atoms with Crippen molar-refractivity contribution >= 4 is 0 Å². The molecular weight excluding hydrogens is 414 g/mol. The van der Waals surface area contributed by atoms with Crippen LogP contribution in [0.5, 0.6) is 17.2 Å². The Morgan fingerprint density at radius 2 is 1.27 bits per heavy atom. The molecule has 1 heterocycles. The zero-order valence-corrected chi connectivity index (χ0v) is 19.1. The number of rotatable bonds is 10. The molecule has 0 amide bonds. The highest BCUT2D eigenvalue weighted by atomic mass is 16.5. The largest absolute Gasteiger partial charge is 0.492 e. The molecule has 0 atom stereocenters. The Morgan fingerprint density at radius 1 is 0.727 bits per heavy atom. The topological polar surface area (TPSA) is 48.6 Å². The lowest BCUT2D eigenvalue weighted by atomic mass is 10.3. The molecule has 1 aromatic heterocycles. The van der Waals surface area contributed by atoms with Crippen molar-refractivity contribution in [2.45, 2.75) is 13.3 Å². The van der Waals surface area contributed by atoms with Gasteiger partial charge in [0.2, 0.25) is 0 Å². The first-order chi connectivity index (χ1) is 16.1. The minimum atomic E-state index is -0.137. The van der Waals surface area contributed by atoms with E-state index in [1.165, 1.54) is 0 Å². The minimum absolute atomic E-state index is 0.137. The van der Waals surface area contributed by atoms with Crippen LogP contribution < -0.4 is 15.2 Å². The van der Waals surface area contributed by atoms with Gasteiger partial charge in [-0.1, -0.05) is 25.1 Å². The zero-order valence-electron chi connectivity index (χ0n) is 19.1. The van der Waals surface area contributed by atoms with Gasteiger partial charge in [-0.15, -0.1) is 0 Å². The molecule has 0 radical (unpaired) electrons. The third-order valence-corrected chi connectivity index (χ3v) is 5.33. The fraction of sp³-hybridized carbons (Fsp3) is 0.222. The summed E-state index contributed by atoms with van der Waals surface area (Å²) in [6.07, 6.45) is 4.67. The predicted octanol–water partition coefficient (Wildman–Crippen LogP) is 5.14. The highest BCUT2D eigenvalue weighted by Crippen LogP contribution is 2.22. The van der Waals surface area contributed by atoms with Crippen molar-refractivity contribution in [2.75, 3.05) is 26.7 Å². The Morgan fingerprint density at radius 3 is 1.85 bits per heavy atom. The molecular formula is C27H29N3O3. The quantitative estimate of drug-likeness (QED) is 0.340. The number of hydrogen-bond donors (Lipinski definition) is 0. The Kier molecular flexibility index (Phi) is 7.27. The lowest BCUT2D eigenvalue weighted by Crippen LogP contribution is -2.24. The Balaban J connectivity index is 1.42. The van der Waals surface area contributed by atoms with Crippen molar-refractivity contribution in [1.82, 2.24) is 14.0 Å². The molecule has 0 aliphatic carbocycles. The van der Waals surface area contributed by atoms with Gasteiger partial charge in [-0.25, -0.2) is 4.79 Å². The second-order valence-corrected chi connectivity index (χ2v) is 7.88. The first-order valence-electron chi connectivity index (χ1n) is 11.2. The van der Waals surface area contributed by atoms with Crippen LogP contribution in [0.25, 0.3) is 11.4 Å². The van der Waals surface area contributed by atoms with Crippen LogP contribution in [0.15, 0.2) is 96.1 Å².